The Morgan fingerprint density at radius 3 is 2.42 bits per heavy atom. The molecule has 0 saturated heterocycles. The van der Waals surface area contributed by atoms with Crippen LogP contribution in [0.1, 0.15) is 68.4 Å². The number of aryl methyl sites for hydroxylation is 1. The average Bonchev–Trinajstić information content (AvgIpc) is 3.28. The molecule has 4 aliphatic rings. The van der Waals surface area contributed by atoms with Crippen LogP contribution in [0.15, 0.2) is 47.6 Å². The van der Waals surface area contributed by atoms with Crippen LogP contribution >= 0.6 is 23.4 Å². The van der Waals surface area contributed by atoms with Crippen LogP contribution in [0.3, 0.4) is 0 Å². The van der Waals surface area contributed by atoms with E-state index in [2.05, 4.69) is 20.8 Å². The molecule has 1 aromatic heterocycles. The number of nitrogens with zero attached hydrogens (tertiary/aromatic N) is 3. The topological polar surface area (TPSA) is 71.8 Å². The predicted octanol–water partition coefficient (Wildman–Crippen LogP) is 6.99. The molecule has 200 valence electrons. The summed E-state index contributed by atoms with van der Waals surface area (Å²) in [5.74, 6) is 3.26. The quantitative estimate of drug-likeness (QED) is 0.309. The summed E-state index contributed by atoms with van der Waals surface area (Å²) < 4.78 is 15.3. The van der Waals surface area contributed by atoms with Gasteiger partial charge in [0.05, 0.1) is 11.7 Å². The summed E-state index contributed by atoms with van der Waals surface area (Å²) >= 11 is 7.90. The van der Waals surface area contributed by atoms with Gasteiger partial charge in [-0.25, -0.2) is 9.18 Å². The molecule has 1 unspecified atom stereocenters. The van der Waals surface area contributed by atoms with Crippen molar-refractivity contribution in [2.45, 2.75) is 74.9 Å². The highest BCUT2D eigenvalue weighted by Crippen LogP contribution is 2.55. The highest BCUT2D eigenvalue weighted by molar-refractivity contribution is 7.98. The molecular weight excluding hydrogens is 521 g/mol. The number of hydrogen-bond acceptors (Lipinski definition) is 4. The molecule has 4 aliphatic carbocycles. The lowest BCUT2D eigenvalue weighted by atomic mass is 9.53. The molecule has 4 saturated carbocycles. The Bertz CT molecular complexity index is 1310. The molecule has 4 fully saturated rings. The Labute approximate surface area is 232 Å². The number of aromatic nitrogens is 3. The first-order valence-corrected chi connectivity index (χ1v) is 14.8. The highest BCUT2D eigenvalue weighted by Gasteiger charge is 2.51. The van der Waals surface area contributed by atoms with E-state index in [1.807, 2.05) is 36.6 Å². The van der Waals surface area contributed by atoms with Gasteiger partial charge in [-0.15, -0.1) is 10.2 Å². The second-order valence-electron chi connectivity index (χ2n) is 11.5. The van der Waals surface area contributed by atoms with Gasteiger partial charge in [-0.1, -0.05) is 41.6 Å². The smallest absolute Gasteiger partial charge is 0.315 e. The van der Waals surface area contributed by atoms with Crippen LogP contribution in [0.25, 0.3) is 5.69 Å². The predicted molar refractivity (Wildman–Crippen MR) is 148 cm³/mol. The normalized spacial score (nSPS) is 26.4. The van der Waals surface area contributed by atoms with E-state index in [4.69, 9.17) is 11.6 Å². The number of rotatable bonds is 7. The molecule has 9 heteroatoms. The van der Waals surface area contributed by atoms with Gasteiger partial charge < -0.3 is 10.6 Å². The fraction of sp³-hybridized carbons (Fsp3) is 0.483. The van der Waals surface area contributed by atoms with Crippen LogP contribution in [0.4, 0.5) is 9.18 Å². The minimum Gasteiger partial charge on any atom is -0.333 e. The van der Waals surface area contributed by atoms with Crippen molar-refractivity contribution >= 4 is 29.4 Å². The van der Waals surface area contributed by atoms with E-state index in [-0.39, 0.29) is 23.4 Å². The fourth-order valence-electron chi connectivity index (χ4n) is 7.24. The zero-order valence-corrected chi connectivity index (χ0v) is 23.3. The van der Waals surface area contributed by atoms with Gasteiger partial charge in [0.25, 0.3) is 0 Å². The van der Waals surface area contributed by atoms with E-state index >= 15 is 0 Å². The van der Waals surface area contributed by atoms with Crippen LogP contribution in [0.2, 0.25) is 5.02 Å². The second-order valence-corrected chi connectivity index (χ2v) is 12.9. The number of urea groups is 1. The second kappa shape index (κ2) is 10.2. The van der Waals surface area contributed by atoms with E-state index in [1.54, 1.807) is 12.1 Å². The summed E-state index contributed by atoms with van der Waals surface area (Å²) in [6, 6.07) is 11.7. The summed E-state index contributed by atoms with van der Waals surface area (Å²) in [7, 11) is 0. The molecule has 0 radical (unpaired) electrons. The van der Waals surface area contributed by atoms with Gasteiger partial charge in [0, 0.05) is 16.3 Å². The van der Waals surface area contributed by atoms with Gasteiger partial charge >= 0.3 is 6.03 Å². The van der Waals surface area contributed by atoms with Crippen LogP contribution in [-0.2, 0) is 5.75 Å². The summed E-state index contributed by atoms with van der Waals surface area (Å²) in [6.45, 7) is 3.95. The highest BCUT2D eigenvalue weighted by atomic mass is 35.5. The Morgan fingerprint density at radius 2 is 1.76 bits per heavy atom. The van der Waals surface area contributed by atoms with Crippen molar-refractivity contribution in [3.05, 3.63) is 70.3 Å². The van der Waals surface area contributed by atoms with Crippen molar-refractivity contribution in [3.8, 4) is 5.69 Å². The number of amides is 2. The molecule has 38 heavy (non-hydrogen) atoms. The Morgan fingerprint density at radius 1 is 1.11 bits per heavy atom. The van der Waals surface area contributed by atoms with Gasteiger partial charge in [0.15, 0.2) is 11.0 Å². The van der Waals surface area contributed by atoms with Gasteiger partial charge in [0.1, 0.15) is 5.82 Å². The molecule has 0 aliphatic heterocycles. The van der Waals surface area contributed by atoms with E-state index in [0.717, 1.165) is 53.8 Å². The number of thioether (sulfide) groups is 1. The molecule has 2 aromatic carbocycles. The molecule has 7 rings (SSSR count). The SMILES string of the molecule is Cc1ccc(Cl)cc1-n1c(SCc2ccc(F)cc2)nnc1C(C)NC(=O)NC12CC3CC(CC(C3)C1)C2. The van der Waals surface area contributed by atoms with Crippen molar-refractivity contribution < 1.29 is 9.18 Å². The number of halogens is 2. The largest absolute Gasteiger partial charge is 0.333 e. The van der Waals surface area contributed by atoms with Crippen molar-refractivity contribution in [1.29, 1.82) is 0 Å². The lowest BCUT2D eigenvalue weighted by Gasteiger charge is -2.56. The third-order valence-electron chi connectivity index (χ3n) is 8.50. The standard InChI is InChI=1S/C29H33ClFN5OS/c1-17-3-6-23(30)12-25(17)36-26(34-35-28(36)38-16-19-4-7-24(31)8-5-19)18(2)32-27(37)33-29-13-20-9-21(14-29)11-22(10-20)15-29/h3-8,12,18,20-22H,9-11,13-16H2,1-2H3,(H2,32,33,37). The lowest BCUT2D eigenvalue weighted by molar-refractivity contribution is -0.0136. The number of nitrogens with one attached hydrogen (secondary N) is 2. The first-order valence-electron chi connectivity index (χ1n) is 13.4. The monoisotopic (exact) mass is 553 g/mol. The van der Waals surface area contributed by atoms with Crippen LogP contribution in [0.5, 0.6) is 0 Å². The molecule has 6 nitrogen and oxygen atoms in total. The van der Waals surface area contributed by atoms with Crippen molar-refractivity contribution in [1.82, 2.24) is 25.4 Å². The van der Waals surface area contributed by atoms with Crippen LogP contribution < -0.4 is 10.6 Å². The van der Waals surface area contributed by atoms with E-state index in [0.29, 0.717) is 21.8 Å². The maximum atomic E-state index is 13.4. The number of hydrogen-bond donors (Lipinski definition) is 2. The maximum absolute atomic E-state index is 13.4. The first kappa shape index (κ1) is 25.7. The van der Waals surface area contributed by atoms with Gasteiger partial charge in [0.2, 0.25) is 0 Å². The van der Waals surface area contributed by atoms with Crippen LogP contribution in [0, 0.1) is 30.5 Å². The van der Waals surface area contributed by atoms with Crippen molar-refractivity contribution in [3.63, 3.8) is 0 Å². The molecule has 4 bridgehead atoms. The summed E-state index contributed by atoms with van der Waals surface area (Å²) in [4.78, 5) is 13.3. The minimum absolute atomic E-state index is 0.0636. The maximum Gasteiger partial charge on any atom is 0.315 e. The van der Waals surface area contributed by atoms with Gasteiger partial charge in [-0.05, 0) is 106 Å². The summed E-state index contributed by atoms with van der Waals surface area (Å²) in [6.07, 6.45) is 7.30. The van der Waals surface area contributed by atoms with Crippen LogP contribution in [-0.4, -0.2) is 26.3 Å². The van der Waals surface area contributed by atoms with Crippen molar-refractivity contribution in [2.24, 2.45) is 17.8 Å². The summed E-state index contributed by atoms with van der Waals surface area (Å²) in [5, 5.41) is 16.9. The fourth-order valence-corrected chi connectivity index (χ4v) is 8.31. The molecule has 0 spiro atoms. The van der Waals surface area contributed by atoms with Crippen molar-refractivity contribution in [2.75, 3.05) is 0 Å². The number of benzene rings is 2. The zero-order chi connectivity index (χ0) is 26.4. The van der Waals surface area contributed by atoms with E-state index in [9.17, 15) is 9.18 Å². The minimum atomic E-state index is -0.380. The van der Waals surface area contributed by atoms with E-state index in [1.165, 1.54) is 43.2 Å². The van der Waals surface area contributed by atoms with Gasteiger partial charge in [-0.3, -0.25) is 4.57 Å². The molecule has 2 amide bonds. The average molecular weight is 554 g/mol. The number of carbonyl (C=O) groups is 1. The number of carbonyl (C=O) groups excluding carboxylic acids is 1. The first-order chi connectivity index (χ1) is 18.3. The molecule has 1 heterocycles. The Hall–Kier alpha value is -2.58. The zero-order valence-electron chi connectivity index (χ0n) is 21.7. The Kier molecular flexibility index (Phi) is 6.89. The molecule has 1 atom stereocenters. The third kappa shape index (κ3) is 5.17. The summed E-state index contributed by atoms with van der Waals surface area (Å²) in [5.41, 5.74) is 2.81. The molecular formula is C29H33ClFN5OS. The third-order valence-corrected chi connectivity index (χ3v) is 9.74. The van der Waals surface area contributed by atoms with Gasteiger partial charge in [-0.2, -0.15) is 0 Å². The van der Waals surface area contributed by atoms with E-state index < -0.39 is 0 Å². The Balaban J connectivity index is 1.23. The molecule has 2 N–H and O–H groups in total. The lowest BCUT2D eigenvalue weighted by Crippen LogP contribution is -2.61. The molecule has 3 aromatic rings.